The van der Waals surface area contributed by atoms with E-state index in [1.165, 1.54) is 0 Å². The molecule has 6 aromatic heterocycles. The smallest absolute Gasteiger partial charge is 0.170 e. The van der Waals surface area contributed by atoms with E-state index in [0.717, 1.165) is 46.2 Å². The SMILES string of the molecule is c1ncc2cc(-c3ncc4sc(-c5cnc6ccsc6n5)cc4n3)sc2n1. The van der Waals surface area contributed by atoms with Crippen molar-refractivity contribution in [3.8, 4) is 21.3 Å². The first-order valence-corrected chi connectivity index (χ1v) is 10.5. The van der Waals surface area contributed by atoms with Crippen molar-refractivity contribution >= 4 is 64.8 Å². The van der Waals surface area contributed by atoms with E-state index < -0.39 is 0 Å². The average molecular weight is 405 g/mol. The number of rotatable bonds is 2. The van der Waals surface area contributed by atoms with Gasteiger partial charge in [0.15, 0.2) is 5.82 Å². The predicted octanol–water partition coefficient (Wildman–Crippen LogP) is 5.03. The van der Waals surface area contributed by atoms with Gasteiger partial charge in [0.25, 0.3) is 0 Å². The fourth-order valence-corrected chi connectivity index (χ4v) is 5.40. The van der Waals surface area contributed by atoms with E-state index in [0.29, 0.717) is 5.82 Å². The Morgan fingerprint density at radius 1 is 0.778 bits per heavy atom. The molecular formula is C18H8N6S3. The van der Waals surface area contributed by atoms with Crippen molar-refractivity contribution in [2.45, 2.75) is 0 Å². The third kappa shape index (κ3) is 2.51. The van der Waals surface area contributed by atoms with Crippen LogP contribution in [0.15, 0.2) is 48.5 Å². The van der Waals surface area contributed by atoms with Crippen LogP contribution in [0.2, 0.25) is 0 Å². The molecule has 9 heteroatoms. The molecule has 0 aromatic carbocycles. The maximum Gasteiger partial charge on any atom is 0.170 e. The Labute approximate surface area is 164 Å². The number of aromatic nitrogens is 6. The van der Waals surface area contributed by atoms with Gasteiger partial charge < -0.3 is 0 Å². The van der Waals surface area contributed by atoms with Crippen LogP contribution in [0.5, 0.6) is 0 Å². The van der Waals surface area contributed by atoms with Gasteiger partial charge in [-0.2, -0.15) is 0 Å². The first-order valence-electron chi connectivity index (χ1n) is 8.01. The van der Waals surface area contributed by atoms with Crippen LogP contribution in [0, 0.1) is 0 Å². The van der Waals surface area contributed by atoms with Crippen molar-refractivity contribution in [3.63, 3.8) is 0 Å². The molecule has 0 atom stereocenters. The highest BCUT2D eigenvalue weighted by Gasteiger charge is 2.12. The highest BCUT2D eigenvalue weighted by Crippen LogP contribution is 2.35. The summed E-state index contributed by atoms with van der Waals surface area (Å²) in [7, 11) is 0. The molecule has 0 radical (unpaired) electrons. The molecule has 0 spiro atoms. The van der Waals surface area contributed by atoms with Gasteiger partial charge in [-0.25, -0.2) is 24.9 Å². The van der Waals surface area contributed by atoms with Gasteiger partial charge in [0.1, 0.15) is 21.7 Å². The Kier molecular flexibility index (Phi) is 3.27. The third-order valence-corrected chi connectivity index (χ3v) is 7.04. The summed E-state index contributed by atoms with van der Waals surface area (Å²) in [6, 6.07) is 6.07. The number of thiophene rings is 3. The van der Waals surface area contributed by atoms with Gasteiger partial charge in [0.2, 0.25) is 0 Å². The number of hydrogen-bond acceptors (Lipinski definition) is 9. The minimum Gasteiger partial charge on any atom is -0.251 e. The van der Waals surface area contributed by atoms with Gasteiger partial charge in [-0.1, -0.05) is 0 Å². The number of hydrogen-bond donors (Lipinski definition) is 0. The van der Waals surface area contributed by atoms with Crippen LogP contribution >= 0.6 is 34.0 Å². The summed E-state index contributed by atoms with van der Waals surface area (Å²) in [5.74, 6) is 0.703. The van der Waals surface area contributed by atoms with Crippen molar-refractivity contribution in [3.05, 3.63) is 48.5 Å². The largest absolute Gasteiger partial charge is 0.251 e. The van der Waals surface area contributed by atoms with Gasteiger partial charge in [-0.15, -0.1) is 34.0 Å². The highest BCUT2D eigenvalue weighted by atomic mass is 32.1. The van der Waals surface area contributed by atoms with Crippen molar-refractivity contribution < 1.29 is 0 Å². The minimum atomic E-state index is 0.703. The standard InChI is InChI=1S/C18H8N6S3/c1-2-25-18-10(1)20-6-12(24-18)13-4-11-15(26-13)7-21-16(23-11)14-3-9-5-19-8-22-17(9)27-14/h1-8H. The fraction of sp³-hybridized carbons (Fsp3) is 0. The van der Waals surface area contributed by atoms with E-state index >= 15 is 0 Å². The second kappa shape index (κ2) is 5.81. The topological polar surface area (TPSA) is 77.3 Å². The first-order chi connectivity index (χ1) is 13.3. The highest BCUT2D eigenvalue weighted by molar-refractivity contribution is 7.22. The molecule has 0 fully saturated rings. The Morgan fingerprint density at radius 2 is 1.78 bits per heavy atom. The van der Waals surface area contributed by atoms with Gasteiger partial charge in [0.05, 0.1) is 31.7 Å². The minimum absolute atomic E-state index is 0.703. The van der Waals surface area contributed by atoms with Crippen molar-refractivity contribution in [2.75, 3.05) is 0 Å². The van der Waals surface area contributed by atoms with E-state index in [-0.39, 0.29) is 0 Å². The summed E-state index contributed by atoms with van der Waals surface area (Å²) in [5, 5.41) is 3.01. The summed E-state index contributed by atoms with van der Waals surface area (Å²) in [6.07, 6.45) is 7.06. The Bertz CT molecular complexity index is 1410. The van der Waals surface area contributed by atoms with Crippen LogP contribution in [0.3, 0.4) is 0 Å². The Balaban J connectivity index is 1.46. The van der Waals surface area contributed by atoms with Crippen LogP contribution in [0.25, 0.3) is 52.1 Å². The molecule has 0 amide bonds. The molecule has 0 aliphatic carbocycles. The molecule has 6 nitrogen and oxygen atoms in total. The number of fused-ring (bicyclic) bond motifs is 3. The van der Waals surface area contributed by atoms with Crippen LogP contribution in [-0.2, 0) is 0 Å². The van der Waals surface area contributed by atoms with Gasteiger partial charge in [-0.3, -0.25) is 4.98 Å². The first kappa shape index (κ1) is 15.2. The van der Waals surface area contributed by atoms with Gasteiger partial charge in [0, 0.05) is 17.8 Å². The lowest BCUT2D eigenvalue weighted by Gasteiger charge is -1.95. The van der Waals surface area contributed by atoms with E-state index in [4.69, 9.17) is 9.97 Å². The lowest BCUT2D eigenvalue weighted by atomic mass is 10.3. The van der Waals surface area contributed by atoms with Crippen molar-refractivity contribution in [1.82, 2.24) is 29.9 Å². The van der Waals surface area contributed by atoms with Crippen LogP contribution < -0.4 is 0 Å². The molecule has 6 heterocycles. The summed E-state index contributed by atoms with van der Waals surface area (Å²) in [4.78, 5) is 30.8. The lowest BCUT2D eigenvalue weighted by Crippen LogP contribution is -1.84. The summed E-state index contributed by atoms with van der Waals surface area (Å²) in [6.45, 7) is 0. The third-order valence-electron chi connectivity index (χ3n) is 4.11. The van der Waals surface area contributed by atoms with Crippen LogP contribution in [0.4, 0.5) is 0 Å². The molecule has 0 saturated heterocycles. The van der Waals surface area contributed by atoms with Crippen LogP contribution in [-0.4, -0.2) is 29.9 Å². The molecule has 0 N–H and O–H groups in total. The molecule has 128 valence electrons. The summed E-state index contributed by atoms with van der Waals surface area (Å²) >= 11 is 4.80. The van der Waals surface area contributed by atoms with Crippen LogP contribution in [0.1, 0.15) is 0 Å². The Morgan fingerprint density at radius 3 is 2.74 bits per heavy atom. The molecule has 0 saturated carbocycles. The molecule has 6 aromatic rings. The molecular weight excluding hydrogens is 396 g/mol. The summed E-state index contributed by atoms with van der Waals surface area (Å²) in [5.41, 5.74) is 2.71. The normalized spacial score (nSPS) is 11.7. The van der Waals surface area contributed by atoms with E-state index in [2.05, 4.69) is 26.0 Å². The lowest BCUT2D eigenvalue weighted by molar-refractivity contribution is 1.23. The Hall–Kier alpha value is -2.88. The maximum absolute atomic E-state index is 4.76. The molecule has 0 aliphatic heterocycles. The monoisotopic (exact) mass is 404 g/mol. The van der Waals surface area contributed by atoms with Crippen molar-refractivity contribution in [2.24, 2.45) is 0 Å². The van der Waals surface area contributed by atoms with Crippen molar-refractivity contribution in [1.29, 1.82) is 0 Å². The predicted molar refractivity (Wildman–Crippen MR) is 110 cm³/mol. The molecule has 0 aliphatic rings. The molecule has 6 rings (SSSR count). The zero-order chi connectivity index (χ0) is 17.8. The second-order valence-electron chi connectivity index (χ2n) is 5.81. The van der Waals surface area contributed by atoms with Gasteiger partial charge in [-0.05, 0) is 23.6 Å². The molecule has 0 bridgehead atoms. The van der Waals surface area contributed by atoms with E-state index in [1.54, 1.807) is 40.3 Å². The zero-order valence-corrected chi connectivity index (χ0v) is 16.0. The van der Waals surface area contributed by atoms with E-state index in [1.807, 2.05) is 36.1 Å². The van der Waals surface area contributed by atoms with E-state index in [9.17, 15) is 0 Å². The quantitative estimate of drug-likeness (QED) is 0.403. The molecule has 27 heavy (non-hydrogen) atoms. The number of nitrogens with zero attached hydrogens (tertiary/aromatic N) is 6. The fourth-order valence-electron chi connectivity index (χ4n) is 2.85. The second-order valence-corrected chi connectivity index (χ2v) is 8.82. The summed E-state index contributed by atoms with van der Waals surface area (Å²) < 4.78 is 1.03. The zero-order valence-electron chi connectivity index (χ0n) is 13.5. The maximum atomic E-state index is 4.76. The average Bonchev–Trinajstić information content (AvgIpc) is 3.42. The van der Waals surface area contributed by atoms with Gasteiger partial charge >= 0.3 is 0 Å². The molecule has 0 unspecified atom stereocenters.